The zero-order valence-corrected chi connectivity index (χ0v) is 22.7. The highest BCUT2D eigenvalue weighted by atomic mass is 16.5. The number of hydrazone groups is 1. The van der Waals surface area contributed by atoms with E-state index in [1.807, 2.05) is 54.6 Å². The Morgan fingerprint density at radius 3 is 2.69 bits per heavy atom. The smallest absolute Gasteiger partial charge is 0.317 e. The molecule has 0 radical (unpaired) electrons. The predicted octanol–water partition coefficient (Wildman–Crippen LogP) is 2.67. The van der Waals surface area contributed by atoms with Crippen LogP contribution in [-0.2, 0) is 9.53 Å². The molecule has 0 aliphatic carbocycles. The molecule has 0 saturated carbocycles. The number of anilines is 4. The number of rotatable bonds is 8. The van der Waals surface area contributed by atoms with Crippen LogP contribution >= 0.6 is 0 Å². The molecule has 2 aromatic heterocycles. The van der Waals surface area contributed by atoms with Crippen molar-refractivity contribution in [2.45, 2.75) is 6.17 Å². The molecule has 14 heteroatoms. The van der Waals surface area contributed by atoms with E-state index >= 15 is 0 Å². The number of benzodiazepines with no additional fused rings is 1. The normalized spacial score (nSPS) is 16.8. The molecule has 1 atom stereocenters. The lowest BCUT2D eigenvalue weighted by Gasteiger charge is -2.29. The molecule has 42 heavy (non-hydrogen) atoms. The number of carbonyl (C=O) groups excluding carboxylic acids is 1. The molecule has 0 spiro atoms. The molecule has 0 unspecified atom stereocenters. The summed E-state index contributed by atoms with van der Waals surface area (Å²) in [6.45, 7) is 5.72. The van der Waals surface area contributed by atoms with Crippen molar-refractivity contribution in [3.8, 4) is 11.5 Å². The Labute approximate surface area is 240 Å². The molecular formula is C28H27N11O3. The average molecular weight is 566 g/mol. The van der Waals surface area contributed by atoms with Crippen molar-refractivity contribution >= 4 is 48.1 Å². The van der Waals surface area contributed by atoms with E-state index in [0.717, 1.165) is 11.1 Å². The lowest BCUT2D eigenvalue weighted by molar-refractivity contribution is -0.116. The summed E-state index contributed by atoms with van der Waals surface area (Å²) >= 11 is 0. The number of ether oxygens (including phenoxy) is 1. The standard InChI is InChI=1S/C28H27N11O3/c1-29-17-31-38(2)27-30-16-20(24(35-27)39-12-14-41-15-13-39)26-36-37-28(42-26)34-23-25(40)32-21-11-7-6-10-19(21)22(33-23)18-8-4-3-5-9-18/h3-11,16-17,23H,1,12-15H2,2H3,(H,32,40)(H,34,37)/b31-17-/t23-/m1/s1. The van der Waals surface area contributed by atoms with Crippen LogP contribution in [0.3, 0.4) is 0 Å². The molecule has 1 saturated heterocycles. The van der Waals surface area contributed by atoms with Gasteiger partial charge >= 0.3 is 6.01 Å². The van der Waals surface area contributed by atoms with Crippen molar-refractivity contribution in [2.24, 2.45) is 15.1 Å². The van der Waals surface area contributed by atoms with Gasteiger partial charge in [-0.2, -0.15) is 10.1 Å². The summed E-state index contributed by atoms with van der Waals surface area (Å²) in [6, 6.07) is 17.2. The van der Waals surface area contributed by atoms with Crippen LogP contribution in [0.5, 0.6) is 0 Å². The van der Waals surface area contributed by atoms with E-state index in [2.05, 4.69) is 47.5 Å². The number of fused-ring (bicyclic) bond motifs is 1. The minimum Gasteiger partial charge on any atom is -0.403 e. The maximum Gasteiger partial charge on any atom is 0.317 e. The van der Waals surface area contributed by atoms with E-state index in [-0.39, 0.29) is 17.8 Å². The maximum absolute atomic E-state index is 13.2. The van der Waals surface area contributed by atoms with Crippen molar-refractivity contribution < 1.29 is 13.9 Å². The monoisotopic (exact) mass is 565 g/mol. The molecule has 1 amide bonds. The lowest BCUT2D eigenvalue weighted by atomic mass is 10.0. The van der Waals surface area contributed by atoms with E-state index in [4.69, 9.17) is 19.1 Å². The van der Waals surface area contributed by atoms with Crippen LogP contribution in [0, 0.1) is 0 Å². The third-order valence-corrected chi connectivity index (χ3v) is 6.57. The molecule has 1 fully saturated rings. The molecule has 2 aliphatic rings. The first-order chi connectivity index (χ1) is 20.6. The number of morpholine rings is 1. The molecule has 6 rings (SSSR count). The van der Waals surface area contributed by atoms with Gasteiger partial charge in [0.25, 0.3) is 11.8 Å². The van der Waals surface area contributed by atoms with E-state index in [1.165, 1.54) is 11.3 Å². The summed E-state index contributed by atoms with van der Waals surface area (Å²) in [7, 11) is 1.70. The molecule has 2 N–H and O–H groups in total. The molecular weight excluding hydrogens is 538 g/mol. The van der Waals surface area contributed by atoms with Crippen molar-refractivity contribution in [2.75, 3.05) is 53.9 Å². The van der Waals surface area contributed by atoms with Crippen LogP contribution < -0.4 is 20.5 Å². The summed E-state index contributed by atoms with van der Waals surface area (Å²) in [4.78, 5) is 32.8. The summed E-state index contributed by atoms with van der Waals surface area (Å²) in [5, 5.41) is 19.9. The second kappa shape index (κ2) is 11.9. The molecule has 14 nitrogen and oxygen atoms in total. The number of aromatic nitrogens is 4. The molecule has 2 aromatic carbocycles. The Kier molecular flexibility index (Phi) is 7.59. The Morgan fingerprint density at radius 2 is 1.88 bits per heavy atom. The first-order valence-corrected chi connectivity index (χ1v) is 13.2. The summed E-state index contributed by atoms with van der Waals surface area (Å²) < 4.78 is 11.5. The van der Waals surface area contributed by atoms with E-state index < -0.39 is 6.17 Å². The fraction of sp³-hybridized carbons (Fsp3) is 0.214. The average Bonchev–Trinajstić information content (AvgIpc) is 3.45. The largest absolute Gasteiger partial charge is 0.403 e. The minimum atomic E-state index is -1.04. The highest BCUT2D eigenvalue weighted by Gasteiger charge is 2.28. The lowest BCUT2D eigenvalue weighted by Crippen LogP contribution is -2.37. The van der Waals surface area contributed by atoms with Crippen LogP contribution in [-0.4, -0.2) is 84.4 Å². The Hall–Kier alpha value is -5.50. The number of hydrogen-bond donors (Lipinski definition) is 2. The number of benzene rings is 2. The van der Waals surface area contributed by atoms with Gasteiger partial charge in [0.15, 0.2) is 0 Å². The van der Waals surface area contributed by atoms with Gasteiger partial charge in [-0.3, -0.25) is 9.79 Å². The predicted molar refractivity (Wildman–Crippen MR) is 159 cm³/mol. The van der Waals surface area contributed by atoms with E-state index in [0.29, 0.717) is 55.0 Å². The van der Waals surface area contributed by atoms with Gasteiger partial charge in [0.2, 0.25) is 12.1 Å². The first kappa shape index (κ1) is 26.7. The minimum absolute atomic E-state index is 0.0167. The Morgan fingerprint density at radius 1 is 1.10 bits per heavy atom. The fourth-order valence-electron chi connectivity index (χ4n) is 4.54. The second-order valence-corrected chi connectivity index (χ2v) is 9.28. The van der Waals surface area contributed by atoms with Gasteiger partial charge in [-0.1, -0.05) is 53.6 Å². The number of para-hydroxylation sites is 1. The quantitative estimate of drug-likeness (QED) is 0.185. The molecule has 0 bridgehead atoms. The number of nitrogens with zero attached hydrogens (tertiary/aromatic N) is 9. The van der Waals surface area contributed by atoms with Gasteiger partial charge in [0, 0.05) is 37.5 Å². The Bertz CT molecular complexity index is 1650. The summed E-state index contributed by atoms with van der Waals surface area (Å²) in [5.41, 5.74) is 3.50. The highest BCUT2D eigenvalue weighted by Crippen LogP contribution is 2.31. The number of aliphatic imine (C=N–C) groups is 2. The van der Waals surface area contributed by atoms with Crippen molar-refractivity contribution in [3.63, 3.8) is 0 Å². The van der Waals surface area contributed by atoms with Crippen LogP contribution in [0.2, 0.25) is 0 Å². The zero-order chi connectivity index (χ0) is 28.9. The number of carbonyl (C=O) groups is 1. The second-order valence-electron chi connectivity index (χ2n) is 9.28. The first-order valence-electron chi connectivity index (χ1n) is 13.2. The molecule has 4 heterocycles. The Balaban J connectivity index is 1.32. The van der Waals surface area contributed by atoms with Gasteiger partial charge in [-0.25, -0.2) is 15.0 Å². The molecule has 212 valence electrons. The van der Waals surface area contributed by atoms with E-state index in [9.17, 15) is 4.79 Å². The van der Waals surface area contributed by atoms with Crippen LogP contribution in [0.4, 0.5) is 23.5 Å². The van der Waals surface area contributed by atoms with Crippen LogP contribution in [0.25, 0.3) is 11.5 Å². The topological polar surface area (TPSA) is 159 Å². The third kappa shape index (κ3) is 5.55. The van der Waals surface area contributed by atoms with Gasteiger partial charge in [0.05, 0.1) is 30.2 Å². The number of amides is 1. The van der Waals surface area contributed by atoms with Crippen LogP contribution in [0.1, 0.15) is 11.1 Å². The number of nitrogens with one attached hydrogen (secondary N) is 2. The van der Waals surface area contributed by atoms with Gasteiger partial charge in [-0.15, -0.1) is 5.10 Å². The van der Waals surface area contributed by atoms with Crippen LogP contribution in [0.15, 0.2) is 80.3 Å². The SMILES string of the molecule is C=N/C=N\N(C)c1ncc(-c2nnc(N[C@H]3N=C(c4ccccc4)c4ccccc4NC3=O)o2)c(N2CCOCC2)n1. The van der Waals surface area contributed by atoms with Crippen molar-refractivity contribution in [3.05, 3.63) is 71.9 Å². The zero-order valence-electron chi connectivity index (χ0n) is 22.7. The molecule has 4 aromatic rings. The van der Waals surface area contributed by atoms with Gasteiger partial charge < -0.3 is 24.7 Å². The number of hydrogen-bond acceptors (Lipinski definition) is 12. The fourth-order valence-corrected chi connectivity index (χ4v) is 4.54. The summed E-state index contributed by atoms with van der Waals surface area (Å²) in [5.74, 6) is 0.732. The highest BCUT2D eigenvalue weighted by molar-refractivity contribution is 6.19. The van der Waals surface area contributed by atoms with Crippen molar-refractivity contribution in [1.82, 2.24) is 20.2 Å². The van der Waals surface area contributed by atoms with Crippen molar-refractivity contribution in [1.29, 1.82) is 0 Å². The third-order valence-electron chi connectivity index (χ3n) is 6.57. The van der Waals surface area contributed by atoms with Gasteiger partial charge in [-0.05, 0) is 12.8 Å². The summed E-state index contributed by atoms with van der Waals surface area (Å²) in [6.07, 6.45) is 1.86. The maximum atomic E-state index is 13.2. The van der Waals surface area contributed by atoms with Gasteiger partial charge in [0.1, 0.15) is 12.2 Å². The van der Waals surface area contributed by atoms with E-state index in [1.54, 1.807) is 13.2 Å². The molecule has 2 aliphatic heterocycles.